The number of thiophene rings is 1. The molecule has 2 amide bonds. The molecule has 1 N–H and O–H groups in total. The predicted octanol–water partition coefficient (Wildman–Crippen LogP) is 2.47. The third-order valence-electron chi connectivity index (χ3n) is 4.10. The zero-order valence-electron chi connectivity index (χ0n) is 14.5. The molecule has 0 unspecified atom stereocenters. The van der Waals surface area contributed by atoms with E-state index in [1.807, 2.05) is 24.4 Å². The maximum atomic E-state index is 12.2. The van der Waals surface area contributed by atoms with Gasteiger partial charge < -0.3 is 19.5 Å². The van der Waals surface area contributed by atoms with E-state index in [9.17, 15) is 9.59 Å². The van der Waals surface area contributed by atoms with Gasteiger partial charge in [-0.15, -0.1) is 11.3 Å². The van der Waals surface area contributed by atoms with E-state index in [4.69, 9.17) is 9.26 Å². The summed E-state index contributed by atoms with van der Waals surface area (Å²) in [6, 6.07) is 9.13. The van der Waals surface area contributed by atoms with Crippen LogP contribution in [0.5, 0.6) is 5.75 Å². The monoisotopic (exact) mass is 384 g/mol. The summed E-state index contributed by atoms with van der Waals surface area (Å²) in [6.45, 7) is 2.86. The first kappa shape index (κ1) is 17.2. The number of anilines is 1. The van der Waals surface area contributed by atoms with E-state index in [0.29, 0.717) is 30.1 Å². The normalized spacial score (nSPS) is 13.2. The lowest BCUT2D eigenvalue weighted by Crippen LogP contribution is -2.38. The molecule has 2 aromatic heterocycles. The average molecular weight is 384 g/mol. The number of likely N-dealkylation sites (N-methyl/N-ethyl adjacent to an activating group) is 1. The van der Waals surface area contributed by atoms with E-state index in [0.717, 1.165) is 4.88 Å². The molecule has 0 bridgehead atoms. The number of carbonyl (C=O) groups is 2. The Hall–Kier alpha value is -3.20. The first-order valence-electron chi connectivity index (χ1n) is 8.37. The number of hydrogen-bond acceptors (Lipinski definition) is 7. The Morgan fingerprint density at radius 3 is 3.04 bits per heavy atom. The van der Waals surface area contributed by atoms with E-state index in [-0.39, 0.29) is 24.2 Å². The maximum absolute atomic E-state index is 12.2. The second kappa shape index (κ2) is 7.20. The summed E-state index contributed by atoms with van der Waals surface area (Å²) < 4.78 is 10.6. The van der Waals surface area contributed by atoms with Gasteiger partial charge in [0.1, 0.15) is 5.75 Å². The van der Waals surface area contributed by atoms with Gasteiger partial charge in [-0.25, -0.2) is 0 Å². The number of rotatable bonds is 5. The Labute approximate surface area is 158 Å². The molecule has 8 nitrogen and oxygen atoms in total. The first-order valence-corrected chi connectivity index (χ1v) is 9.25. The van der Waals surface area contributed by atoms with Crippen molar-refractivity contribution in [2.45, 2.75) is 13.5 Å². The highest BCUT2D eigenvalue weighted by atomic mass is 32.1. The van der Waals surface area contributed by atoms with Crippen LogP contribution in [0.3, 0.4) is 0 Å². The van der Waals surface area contributed by atoms with Gasteiger partial charge in [-0.1, -0.05) is 11.2 Å². The fourth-order valence-electron chi connectivity index (χ4n) is 2.78. The van der Waals surface area contributed by atoms with Crippen molar-refractivity contribution in [1.82, 2.24) is 15.5 Å². The molecule has 0 spiro atoms. The SMILES string of the molecule is CCN1C(=O)COc2cc(-c3noc(C(=O)NCc4cccs4)n3)ccc21. The number of nitrogens with zero attached hydrogens (tertiary/aromatic N) is 3. The third-order valence-corrected chi connectivity index (χ3v) is 4.98. The molecule has 0 atom stereocenters. The number of hydrogen-bond donors (Lipinski definition) is 1. The van der Waals surface area contributed by atoms with Crippen LogP contribution in [0.1, 0.15) is 22.5 Å². The van der Waals surface area contributed by atoms with Crippen LogP contribution in [0.25, 0.3) is 11.4 Å². The first-order chi connectivity index (χ1) is 13.2. The van der Waals surface area contributed by atoms with Gasteiger partial charge in [0.25, 0.3) is 5.91 Å². The van der Waals surface area contributed by atoms with E-state index >= 15 is 0 Å². The molecule has 1 aliphatic heterocycles. The van der Waals surface area contributed by atoms with Crippen molar-refractivity contribution in [2.24, 2.45) is 0 Å². The summed E-state index contributed by atoms with van der Waals surface area (Å²) in [5.41, 5.74) is 1.34. The number of nitrogens with one attached hydrogen (secondary N) is 1. The lowest BCUT2D eigenvalue weighted by atomic mass is 10.1. The van der Waals surface area contributed by atoms with Crippen molar-refractivity contribution in [1.29, 1.82) is 0 Å². The molecule has 0 aliphatic carbocycles. The molecular formula is C18H16N4O4S. The van der Waals surface area contributed by atoms with Crippen molar-refractivity contribution in [3.05, 3.63) is 46.5 Å². The van der Waals surface area contributed by atoms with E-state index in [1.165, 1.54) is 0 Å². The number of amides is 2. The molecule has 1 aliphatic rings. The predicted molar refractivity (Wildman–Crippen MR) is 98.7 cm³/mol. The topological polar surface area (TPSA) is 97.6 Å². The molecule has 4 rings (SSSR count). The van der Waals surface area contributed by atoms with Gasteiger partial charge >= 0.3 is 11.8 Å². The number of fused-ring (bicyclic) bond motifs is 1. The van der Waals surface area contributed by atoms with Crippen LogP contribution >= 0.6 is 11.3 Å². The minimum atomic E-state index is -0.431. The molecule has 3 aromatic rings. The number of benzene rings is 1. The number of aromatic nitrogens is 2. The Kier molecular flexibility index (Phi) is 4.59. The average Bonchev–Trinajstić information content (AvgIpc) is 3.38. The quantitative estimate of drug-likeness (QED) is 0.726. The largest absolute Gasteiger partial charge is 0.482 e. The molecule has 9 heteroatoms. The minimum Gasteiger partial charge on any atom is -0.482 e. The highest BCUT2D eigenvalue weighted by Gasteiger charge is 2.25. The van der Waals surface area contributed by atoms with Crippen molar-refractivity contribution >= 4 is 28.8 Å². The summed E-state index contributed by atoms with van der Waals surface area (Å²) in [4.78, 5) is 30.9. The minimum absolute atomic E-state index is 0.00703. The Morgan fingerprint density at radius 2 is 2.26 bits per heavy atom. The Balaban J connectivity index is 1.51. The molecule has 138 valence electrons. The standard InChI is InChI=1S/C18H16N4O4S/c1-2-22-13-6-5-11(8-14(13)25-10-15(22)23)16-20-18(26-21-16)17(24)19-9-12-4-3-7-27-12/h3-8H,2,9-10H2,1H3,(H,19,24). The van der Waals surface area contributed by atoms with E-state index in [2.05, 4.69) is 15.5 Å². The molecule has 0 saturated carbocycles. The molecule has 0 radical (unpaired) electrons. The summed E-state index contributed by atoms with van der Waals surface area (Å²) in [6.07, 6.45) is 0. The van der Waals surface area contributed by atoms with Gasteiger partial charge in [0.05, 0.1) is 12.2 Å². The molecular weight excluding hydrogens is 368 g/mol. The van der Waals surface area contributed by atoms with Gasteiger partial charge in [0, 0.05) is 17.0 Å². The lowest BCUT2D eigenvalue weighted by molar-refractivity contribution is -0.121. The Morgan fingerprint density at radius 1 is 1.37 bits per heavy atom. The summed E-state index contributed by atoms with van der Waals surface area (Å²) in [5, 5.41) is 8.56. The Bertz CT molecular complexity index is 983. The highest BCUT2D eigenvalue weighted by Crippen LogP contribution is 2.35. The molecule has 27 heavy (non-hydrogen) atoms. The van der Waals surface area contributed by atoms with Crippen molar-refractivity contribution in [2.75, 3.05) is 18.1 Å². The van der Waals surface area contributed by atoms with Crippen LogP contribution in [0.2, 0.25) is 0 Å². The van der Waals surface area contributed by atoms with Gasteiger partial charge in [0.15, 0.2) is 6.61 Å². The van der Waals surface area contributed by atoms with Crippen molar-refractivity contribution in [3.63, 3.8) is 0 Å². The van der Waals surface area contributed by atoms with Crippen LogP contribution in [-0.4, -0.2) is 35.1 Å². The summed E-state index contributed by atoms with van der Waals surface area (Å²) in [7, 11) is 0. The number of carbonyl (C=O) groups excluding carboxylic acids is 2. The zero-order chi connectivity index (χ0) is 18.8. The van der Waals surface area contributed by atoms with E-state index < -0.39 is 5.91 Å². The fraction of sp³-hybridized carbons (Fsp3) is 0.222. The van der Waals surface area contributed by atoms with Gasteiger partial charge in [-0.2, -0.15) is 4.98 Å². The molecule has 0 fully saturated rings. The summed E-state index contributed by atoms with van der Waals surface area (Å²) in [5.74, 6) is 0.233. The van der Waals surface area contributed by atoms with Crippen LogP contribution in [0.15, 0.2) is 40.2 Å². The van der Waals surface area contributed by atoms with Crippen molar-refractivity contribution < 1.29 is 18.8 Å². The molecule has 0 saturated heterocycles. The third kappa shape index (κ3) is 3.41. The number of ether oxygens (including phenoxy) is 1. The maximum Gasteiger partial charge on any atom is 0.316 e. The zero-order valence-corrected chi connectivity index (χ0v) is 15.3. The van der Waals surface area contributed by atoms with Crippen LogP contribution in [0, 0.1) is 0 Å². The van der Waals surface area contributed by atoms with Crippen LogP contribution in [0.4, 0.5) is 5.69 Å². The van der Waals surface area contributed by atoms with Gasteiger partial charge in [-0.3, -0.25) is 9.59 Å². The smallest absolute Gasteiger partial charge is 0.316 e. The second-order valence-electron chi connectivity index (χ2n) is 5.79. The van der Waals surface area contributed by atoms with Gasteiger partial charge in [-0.05, 0) is 36.6 Å². The molecule has 3 heterocycles. The van der Waals surface area contributed by atoms with Crippen LogP contribution < -0.4 is 15.0 Å². The lowest BCUT2D eigenvalue weighted by Gasteiger charge is -2.28. The van der Waals surface area contributed by atoms with Crippen molar-refractivity contribution in [3.8, 4) is 17.1 Å². The second-order valence-corrected chi connectivity index (χ2v) is 6.83. The van der Waals surface area contributed by atoms with E-state index in [1.54, 1.807) is 34.4 Å². The van der Waals surface area contributed by atoms with Crippen LogP contribution in [-0.2, 0) is 11.3 Å². The fourth-order valence-corrected chi connectivity index (χ4v) is 3.42. The molecule has 1 aromatic carbocycles. The highest BCUT2D eigenvalue weighted by molar-refractivity contribution is 7.09. The van der Waals surface area contributed by atoms with Gasteiger partial charge in [0.2, 0.25) is 5.82 Å². The summed E-state index contributed by atoms with van der Waals surface area (Å²) >= 11 is 1.55.